The fraction of sp³-hybridized carbons (Fsp3) is 0.353. The minimum absolute atomic E-state index is 0.108. The standard InChI is InChI=1S/C17H16Cl2N2O4/c1-8-6-21(7-11(8)17(23)24)16(22)14-9(2)25-15(20-14)10-3-4-12(18)13(19)5-10/h3-5,8,11H,6-7H2,1-2H3,(H,23,24)/t8-,11-/m1/s1. The third-order valence-corrected chi connectivity index (χ3v) is 5.12. The minimum atomic E-state index is -0.892. The highest BCUT2D eigenvalue weighted by molar-refractivity contribution is 6.42. The highest BCUT2D eigenvalue weighted by Gasteiger charge is 2.38. The van der Waals surface area contributed by atoms with Crippen LogP contribution >= 0.6 is 23.2 Å². The second-order valence-corrected chi connectivity index (χ2v) is 7.00. The number of carboxylic acid groups (broad SMARTS) is 1. The lowest BCUT2D eigenvalue weighted by Crippen LogP contribution is -2.30. The topological polar surface area (TPSA) is 83.6 Å². The van der Waals surface area contributed by atoms with Gasteiger partial charge in [-0.05, 0) is 31.0 Å². The second kappa shape index (κ2) is 6.69. The number of carbonyl (C=O) groups is 2. The number of aliphatic carboxylic acids is 1. The smallest absolute Gasteiger partial charge is 0.308 e. The fourth-order valence-electron chi connectivity index (χ4n) is 2.95. The average molecular weight is 383 g/mol. The summed E-state index contributed by atoms with van der Waals surface area (Å²) in [4.78, 5) is 29.7. The molecule has 1 amide bonds. The molecule has 0 saturated carbocycles. The van der Waals surface area contributed by atoms with Gasteiger partial charge in [0.1, 0.15) is 5.76 Å². The van der Waals surface area contributed by atoms with Crippen LogP contribution in [-0.4, -0.2) is 40.0 Å². The Morgan fingerprint density at radius 3 is 2.60 bits per heavy atom. The van der Waals surface area contributed by atoms with Crippen LogP contribution in [0.5, 0.6) is 0 Å². The molecule has 1 N–H and O–H groups in total. The normalized spacial score (nSPS) is 20.1. The molecular weight excluding hydrogens is 367 g/mol. The van der Waals surface area contributed by atoms with Gasteiger partial charge in [0.2, 0.25) is 5.89 Å². The van der Waals surface area contributed by atoms with Crippen molar-refractivity contribution in [2.75, 3.05) is 13.1 Å². The molecule has 2 aromatic rings. The van der Waals surface area contributed by atoms with E-state index >= 15 is 0 Å². The highest BCUT2D eigenvalue weighted by Crippen LogP contribution is 2.30. The quantitative estimate of drug-likeness (QED) is 0.873. The summed E-state index contributed by atoms with van der Waals surface area (Å²) < 4.78 is 5.60. The molecule has 1 aromatic heterocycles. The number of rotatable bonds is 3. The Hall–Kier alpha value is -2.05. The molecule has 1 fully saturated rings. The van der Waals surface area contributed by atoms with E-state index in [0.717, 1.165) is 0 Å². The van der Waals surface area contributed by atoms with E-state index in [1.165, 1.54) is 4.90 Å². The van der Waals surface area contributed by atoms with Gasteiger partial charge in [0.05, 0.1) is 16.0 Å². The number of halogens is 2. The molecule has 132 valence electrons. The molecule has 2 atom stereocenters. The first-order valence-corrected chi connectivity index (χ1v) is 8.48. The van der Waals surface area contributed by atoms with Gasteiger partial charge in [0.25, 0.3) is 5.91 Å². The summed E-state index contributed by atoms with van der Waals surface area (Å²) in [6.07, 6.45) is 0. The minimum Gasteiger partial charge on any atom is -0.481 e. The zero-order chi connectivity index (χ0) is 18.3. The van der Waals surface area contributed by atoms with Gasteiger partial charge in [-0.15, -0.1) is 0 Å². The van der Waals surface area contributed by atoms with Gasteiger partial charge in [-0.3, -0.25) is 9.59 Å². The number of aryl methyl sites for hydroxylation is 1. The van der Waals surface area contributed by atoms with Gasteiger partial charge < -0.3 is 14.4 Å². The number of oxazole rings is 1. The lowest BCUT2D eigenvalue weighted by atomic mass is 9.99. The molecule has 6 nitrogen and oxygen atoms in total. The molecule has 1 aromatic carbocycles. The first kappa shape index (κ1) is 17.8. The summed E-state index contributed by atoms with van der Waals surface area (Å²) in [6.45, 7) is 4.02. The van der Waals surface area contributed by atoms with Gasteiger partial charge in [0.15, 0.2) is 5.69 Å². The summed E-state index contributed by atoms with van der Waals surface area (Å²) in [7, 11) is 0. The molecule has 8 heteroatoms. The Morgan fingerprint density at radius 1 is 1.28 bits per heavy atom. The summed E-state index contributed by atoms with van der Waals surface area (Å²) in [6, 6.07) is 4.94. The van der Waals surface area contributed by atoms with E-state index in [1.807, 2.05) is 6.92 Å². The first-order valence-electron chi connectivity index (χ1n) is 7.73. The third-order valence-electron chi connectivity index (χ3n) is 4.38. The van der Waals surface area contributed by atoms with Crippen molar-refractivity contribution in [2.45, 2.75) is 13.8 Å². The van der Waals surface area contributed by atoms with E-state index in [9.17, 15) is 14.7 Å². The van der Waals surface area contributed by atoms with E-state index in [0.29, 0.717) is 27.9 Å². The van der Waals surface area contributed by atoms with Gasteiger partial charge in [-0.1, -0.05) is 30.1 Å². The van der Waals surface area contributed by atoms with Crippen molar-refractivity contribution in [1.82, 2.24) is 9.88 Å². The van der Waals surface area contributed by atoms with E-state index in [4.69, 9.17) is 27.6 Å². The molecule has 0 unspecified atom stereocenters. The van der Waals surface area contributed by atoms with E-state index < -0.39 is 11.9 Å². The Balaban J connectivity index is 1.86. The van der Waals surface area contributed by atoms with Crippen molar-refractivity contribution in [3.63, 3.8) is 0 Å². The number of amides is 1. The lowest BCUT2D eigenvalue weighted by molar-refractivity contribution is -0.142. The number of hydrogen-bond donors (Lipinski definition) is 1. The summed E-state index contributed by atoms with van der Waals surface area (Å²) in [5.74, 6) is -1.26. The molecule has 0 spiro atoms. The molecule has 1 aliphatic rings. The number of hydrogen-bond acceptors (Lipinski definition) is 4. The maximum atomic E-state index is 12.7. The largest absolute Gasteiger partial charge is 0.481 e. The Morgan fingerprint density at radius 2 is 2.00 bits per heavy atom. The van der Waals surface area contributed by atoms with Crippen LogP contribution in [0.25, 0.3) is 11.5 Å². The van der Waals surface area contributed by atoms with Gasteiger partial charge in [-0.25, -0.2) is 4.98 Å². The van der Waals surface area contributed by atoms with Crippen LogP contribution in [0, 0.1) is 18.8 Å². The van der Waals surface area contributed by atoms with Crippen LogP contribution < -0.4 is 0 Å². The average Bonchev–Trinajstić information content (AvgIpc) is 3.12. The highest BCUT2D eigenvalue weighted by atomic mass is 35.5. The van der Waals surface area contributed by atoms with Crippen molar-refractivity contribution in [3.05, 3.63) is 39.7 Å². The molecule has 3 rings (SSSR count). The summed E-state index contributed by atoms with van der Waals surface area (Å²) in [5.41, 5.74) is 0.786. The molecule has 1 saturated heterocycles. The summed E-state index contributed by atoms with van der Waals surface area (Å²) >= 11 is 11.9. The van der Waals surface area contributed by atoms with Crippen LogP contribution in [0.4, 0.5) is 0 Å². The van der Waals surface area contributed by atoms with E-state index in [2.05, 4.69) is 4.98 Å². The SMILES string of the molecule is Cc1oc(-c2ccc(Cl)c(Cl)c2)nc1C(=O)N1C[C@@H](C)[C@H](C(=O)O)C1. The lowest BCUT2D eigenvalue weighted by Gasteiger charge is -2.14. The van der Waals surface area contributed by atoms with Crippen molar-refractivity contribution >= 4 is 35.1 Å². The van der Waals surface area contributed by atoms with E-state index in [1.54, 1.807) is 25.1 Å². The zero-order valence-corrected chi connectivity index (χ0v) is 15.1. The van der Waals surface area contributed by atoms with Crippen LogP contribution in [-0.2, 0) is 4.79 Å². The first-order chi connectivity index (χ1) is 11.8. The zero-order valence-electron chi connectivity index (χ0n) is 13.6. The molecule has 0 bridgehead atoms. The monoisotopic (exact) mass is 382 g/mol. The van der Waals surface area contributed by atoms with Crippen molar-refractivity contribution < 1.29 is 19.1 Å². The number of carbonyl (C=O) groups excluding carboxylic acids is 1. The van der Waals surface area contributed by atoms with Crippen molar-refractivity contribution in [3.8, 4) is 11.5 Å². The number of likely N-dealkylation sites (tertiary alicyclic amines) is 1. The molecule has 25 heavy (non-hydrogen) atoms. The number of benzene rings is 1. The molecule has 0 radical (unpaired) electrons. The Kier molecular flexibility index (Phi) is 4.75. The van der Waals surface area contributed by atoms with Gasteiger partial charge in [-0.2, -0.15) is 0 Å². The molecule has 1 aliphatic heterocycles. The molecular formula is C17H16Cl2N2O4. The maximum Gasteiger partial charge on any atom is 0.308 e. The predicted octanol–water partition coefficient (Wildman–Crippen LogP) is 3.75. The molecule has 0 aliphatic carbocycles. The van der Waals surface area contributed by atoms with Crippen LogP contribution in [0.2, 0.25) is 10.0 Å². The van der Waals surface area contributed by atoms with Crippen molar-refractivity contribution in [2.24, 2.45) is 11.8 Å². The van der Waals surface area contributed by atoms with Crippen LogP contribution in [0.15, 0.2) is 22.6 Å². The van der Waals surface area contributed by atoms with Crippen molar-refractivity contribution in [1.29, 1.82) is 0 Å². The third kappa shape index (κ3) is 3.37. The van der Waals surface area contributed by atoms with Crippen LogP contribution in [0.3, 0.4) is 0 Å². The Labute approximate surface area is 154 Å². The van der Waals surface area contributed by atoms with Gasteiger partial charge >= 0.3 is 5.97 Å². The number of nitrogens with zero attached hydrogens (tertiary/aromatic N) is 2. The second-order valence-electron chi connectivity index (χ2n) is 6.18. The van der Waals surface area contributed by atoms with E-state index in [-0.39, 0.29) is 30.0 Å². The number of carboxylic acids is 1. The molecule has 2 heterocycles. The predicted molar refractivity (Wildman–Crippen MR) is 92.9 cm³/mol. The summed E-state index contributed by atoms with van der Waals surface area (Å²) in [5, 5.41) is 9.99. The van der Waals surface area contributed by atoms with Crippen LogP contribution in [0.1, 0.15) is 23.2 Å². The Bertz CT molecular complexity index is 849. The van der Waals surface area contributed by atoms with Gasteiger partial charge in [0, 0.05) is 18.7 Å². The fourth-order valence-corrected chi connectivity index (χ4v) is 3.25. The maximum absolute atomic E-state index is 12.7. The number of aromatic nitrogens is 1.